The first-order chi connectivity index (χ1) is 9.25. The summed E-state index contributed by atoms with van der Waals surface area (Å²) >= 11 is 0. The van der Waals surface area contributed by atoms with Crippen molar-refractivity contribution in [2.75, 3.05) is 6.61 Å². The predicted octanol–water partition coefficient (Wildman–Crippen LogP) is 3.32. The fourth-order valence-electron chi connectivity index (χ4n) is 2.52. The third-order valence-corrected chi connectivity index (χ3v) is 3.38. The molecule has 3 heteroatoms. The molecule has 3 rings (SSSR count). The Morgan fingerprint density at radius 2 is 2.11 bits per heavy atom. The summed E-state index contributed by atoms with van der Waals surface area (Å²) in [4.78, 5) is 10.8. The molecule has 3 nitrogen and oxygen atoms in total. The van der Waals surface area contributed by atoms with Gasteiger partial charge in [0, 0.05) is 17.7 Å². The second kappa shape index (κ2) is 4.76. The van der Waals surface area contributed by atoms with Gasteiger partial charge in [-0.05, 0) is 18.2 Å². The Labute approximate surface area is 111 Å². The van der Waals surface area contributed by atoms with Crippen LogP contribution in [0.3, 0.4) is 0 Å². The molecule has 0 amide bonds. The molecule has 1 aromatic carbocycles. The van der Waals surface area contributed by atoms with Crippen molar-refractivity contribution >= 4 is 12.0 Å². The van der Waals surface area contributed by atoms with E-state index in [4.69, 9.17) is 5.11 Å². The molecule has 0 fully saturated rings. The molecular weight excluding hydrogens is 240 g/mol. The van der Waals surface area contributed by atoms with Crippen LogP contribution in [0.4, 0.5) is 0 Å². The molecule has 0 aromatic heterocycles. The van der Waals surface area contributed by atoms with Crippen LogP contribution in [0.2, 0.25) is 0 Å². The van der Waals surface area contributed by atoms with E-state index < -0.39 is 5.97 Å². The monoisotopic (exact) mass is 255 g/mol. The first-order valence-corrected chi connectivity index (χ1v) is 6.33. The molecule has 2 aliphatic rings. The maximum absolute atomic E-state index is 10.8. The van der Waals surface area contributed by atoms with Crippen LogP contribution in [0.15, 0.2) is 54.1 Å². The van der Waals surface area contributed by atoms with E-state index in [9.17, 15) is 4.79 Å². The SMILES string of the molecule is O=C(O)CC[O+]1c2ccccc2C=C2C=CC=CC21. The smallest absolute Gasteiger partial charge is 0.312 e. The molecule has 1 heterocycles. The van der Waals surface area contributed by atoms with Crippen LogP contribution in [-0.4, -0.2) is 23.8 Å². The van der Waals surface area contributed by atoms with Crippen molar-refractivity contribution in [3.05, 3.63) is 59.7 Å². The standard InChI is InChI=1S/C16H14O3/c17-16(18)9-10-19-14-7-3-1-5-12(14)11-13-6-2-4-8-15(13)19/h1-8,11,14H,9-10H2/p+1. The summed E-state index contributed by atoms with van der Waals surface area (Å²) in [5, 5.41) is 8.90. The topological polar surface area (TPSA) is 40.0 Å². The van der Waals surface area contributed by atoms with Gasteiger partial charge in [-0.2, -0.15) is 0 Å². The zero-order chi connectivity index (χ0) is 13.2. The van der Waals surface area contributed by atoms with Crippen LogP contribution in [0.1, 0.15) is 12.0 Å². The van der Waals surface area contributed by atoms with Gasteiger partial charge in [-0.1, -0.05) is 24.3 Å². The van der Waals surface area contributed by atoms with Crippen molar-refractivity contribution in [1.82, 2.24) is 0 Å². The van der Waals surface area contributed by atoms with Gasteiger partial charge in [0.15, 0.2) is 6.61 Å². The molecule has 1 aliphatic carbocycles. The Kier molecular flexibility index (Phi) is 2.95. The molecule has 0 spiro atoms. The van der Waals surface area contributed by atoms with Crippen molar-refractivity contribution in [3.8, 4) is 5.75 Å². The van der Waals surface area contributed by atoms with Crippen molar-refractivity contribution in [2.45, 2.75) is 12.5 Å². The number of carboxylic acids is 1. The number of carbonyl (C=O) groups is 1. The highest BCUT2D eigenvalue weighted by molar-refractivity contribution is 5.69. The number of hydrogen-bond donors (Lipinski definition) is 1. The minimum Gasteiger partial charge on any atom is -0.563 e. The van der Waals surface area contributed by atoms with Gasteiger partial charge in [-0.3, -0.25) is 4.79 Å². The van der Waals surface area contributed by atoms with E-state index in [1.54, 1.807) is 0 Å². The zero-order valence-corrected chi connectivity index (χ0v) is 10.5. The minimum atomic E-state index is -0.781. The van der Waals surface area contributed by atoms with Crippen LogP contribution in [-0.2, 0) is 9.16 Å². The Bertz CT molecular complexity index is 596. The van der Waals surface area contributed by atoms with E-state index in [2.05, 4.69) is 22.6 Å². The van der Waals surface area contributed by atoms with E-state index in [1.165, 1.54) is 5.57 Å². The van der Waals surface area contributed by atoms with Crippen molar-refractivity contribution in [2.24, 2.45) is 0 Å². The number of rotatable bonds is 3. The number of allylic oxidation sites excluding steroid dienone is 2. The van der Waals surface area contributed by atoms with Gasteiger partial charge >= 0.3 is 5.97 Å². The van der Waals surface area contributed by atoms with Gasteiger partial charge in [0.05, 0.1) is 5.56 Å². The summed E-state index contributed by atoms with van der Waals surface area (Å²) in [7, 11) is 0. The van der Waals surface area contributed by atoms with Crippen LogP contribution in [0.25, 0.3) is 6.08 Å². The molecule has 1 N–H and O–H groups in total. The van der Waals surface area contributed by atoms with Crippen LogP contribution in [0.5, 0.6) is 5.75 Å². The van der Waals surface area contributed by atoms with Gasteiger partial charge < -0.3 is 9.47 Å². The van der Waals surface area contributed by atoms with E-state index in [0.717, 1.165) is 11.3 Å². The summed E-state index contributed by atoms with van der Waals surface area (Å²) in [6.45, 7) is 0.437. The lowest BCUT2D eigenvalue weighted by Crippen LogP contribution is -2.28. The summed E-state index contributed by atoms with van der Waals surface area (Å²) in [5.41, 5.74) is 2.29. The van der Waals surface area contributed by atoms with Crippen molar-refractivity contribution in [3.63, 3.8) is 0 Å². The lowest BCUT2D eigenvalue weighted by atomic mass is 9.97. The average molecular weight is 255 g/mol. The molecule has 1 atom stereocenters. The number of aliphatic carboxylic acids is 1. The highest BCUT2D eigenvalue weighted by Crippen LogP contribution is 2.41. The lowest BCUT2D eigenvalue weighted by molar-refractivity contribution is -0.143. The Hall–Kier alpha value is -2.29. The van der Waals surface area contributed by atoms with E-state index in [-0.39, 0.29) is 12.5 Å². The molecule has 0 bridgehead atoms. The number of para-hydroxylation sites is 1. The van der Waals surface area contributed by atoms with E-state index in [0.29, 0.717) is 6.61 Å². The first kappa shape index (κ1) is 11.8. The third kappa shape index (κ3) is 2.19. The maximum Gasteiger partial charge on any atom is 0.312 e. The molecule has 19 heavy (non-hydrogen) atoms. The minimum absolute atomic E-state index is 0.0687. The van der Waals surface area contributed by atoms with Crippen molar-refractivity contribution < 1.29 is 14.3 Å². The van der Waals surface area contributed by atoms with Gasteiger partial charge in [0.25, 0.3) is 5.75 Å². The summed E-state index contributed by atoms with van der Waals surface area (Å²) in [6.07, 6.45) is 10.5. The number of hydrogen-bond acceptors (Lipinski definition) is 1. The van der Waals surface area contributed by atoms with Gasteiger partial charge in [0.1, 0.15) is 6.42 Å². The second-order valence-corrected chi connectivity index (χ2v) is 4.62. The van der Waals surface area contributed by atoms with Gasteiger partial charge in [-0.15, -0.1) is 0 Å². The molecular formula is C16H15O3+. The normalized spacial score (nSPS) is 19.7. The van der Waals surface area contributed by atoms with Crippen molar-refractivity contribution in [1.29, 1.82) is 0 Å². The first-order valence-electron chi connectivity index (χ1n) is 6.33. The second-order valence-electron chi connectivity index (χ2n) is 4.62. The maximum atomic E-state index is 10.8. The number of benzene rings is 1. The van der Waals surface area contributed by atoms with Gasteiger partial charge in [0.2, 0.25) is 6.10 Å². The van der Waals surface area contributed by atoms with Gasteiger partial charge in [-0.25, -0.2) is 0 Å². The third-order valence-electron chi connectivity index (χ3n) is 3.38. The zero-order valence-electron chi connectivity index (χ0n) is 10.5. The molecule has 0 radical (unpaired) electrons. The molecule has 1 aromatic rings. The summed E-state index contributed by atoms with van der Waals surface area (Å²) in [6, 6.07) is 8.03. The highest BCUT2D eigenvalue weighted by Gasteiger charge is 2.32. The average Bonchev–Trinajstić information content (AvgIpc) is 2.43. The van der Waals surface area contributed by atoms with Crippen LogP contribution in [0, 0.1) is 0 Å². The molecule has 0 saturated carbocycles. The lowest BCUT2D eigenvalue weighted by Gasteiger charge is -2.35. The molecule has 96 valence electrons. The van der Waals surface area contributed by atoms with Crippen LogP contribution < -0.4 is 0 Å². The van der Waals surface area contributed by atoms with E-state index in [1.807, 2.05) is 36.4 Å². The number of carboxylic acid groups (broad SMARTS) is 1. The Morgan fingerprint density at radius 1 is 1.26 bits per heavy atom. The van der Waals surface area contributed by atoms with E-state index >= 15 is 0 Å². The highest BCUT2D eigenvalue weighted by atomic mass is 16.7. The predicted molar refractivity (Wildman–Crippen MR) is 74.1 cm³/mol. The number of fused-ring (bicyclic) bond motifs is 2. The Morgan fingerprint density at radius 3 is 2.95 bits per heavy atom. The fourth-order valence-corrected chi connectivity index (χ4v) is 2.52. The quantitative estimate of drug-likeness (QED) is 0.842. The fraction of sp³-hybridized carbons (Fsp3) is 0.188. The largest absolute Gasteiger partial charge is 0.563 e. The summed E-state index contributed by atoms with van der Waals surface area (Å²) in [5.74, 6) is 0.244. The Balaban J connectivity index is 2.00. The molecule has 1 unspecified atom stereocenters. The molecule has 1 aliphatic heterocycles. The van der Waals surface area contributed by atoms with Crippen LogP contribution >= 0.6 is 0 Å². The molecule has 0 saturated heterocycles. The summed E-state index contributed by atoms with van der Waals surface area (Å²) < 4.78 is 3.11.